The van der Waals surface area contributed by atoms with E-state index in [0.29, 0.717) is 28.8 Å². The summed E-state index contributed by atoms with van der Waals surface area (Å²) in [5.74, 6) is -0.165. The highest BCUT2D eigenvalue weighted by Crippen LogP contribution is 2.18. The molecule has 2 rings (SSSR count). The summed E-state index contributed by atoms with van der Waals surface area (Å²) < 4.78 is 0. The standard InChI is InChI=1S/C16H19N3O2S2/c1-4-19(9-11(2)3)14(20)8-12-10-23-16(17-12)18-15(21)13-6-5-7-22-13/h5-7,10H,2,4,8-9H2,1,3H3,(H,17,18,21). The lowest BCUT2D eigenvalue weighted by molar-refractivity contribution is -0.129. The Kier molecular flexibility index (Phi) is 6.06. The van der Waals surface area contributed by atoms with Gasteiger partial charge in [0.2, 0.25) is 5.91 Å². The molecule has 2 heterocycles. The van der Waals surface area contributed by atoms with Gasteiger partial charge in [-0.25, -0.2) is 4.98 Å². The largest absolute Gasteiger partial charge is 0.339 e. The molecular formula is C16H19N3O2S2. The molecule has 0 aliphatic heterocycles. The summed E-state index contributed by atoms with van der Waals surface area (Å²) in [5.41, 5.74) is 1.61. The van der Waals surface area contributed by atoms with Crippen LogP contribution in [0.15, 0.2) is 35.0 Å². The normalized spacial score (nSPS) is 10.3. The van der Waals surface area contributed by atoms with Crippen LogP contribution in [0.25, 0.3) is 0 Å². The fourth-order valence-corrected chi connectivity index (χ4v) is 3.31. The zero-order chi connectivity index (χ0) is 16.8. The van der Waals surface area contributed by atoms with E-state index in [2.05, 4.69) is 16.9 Å². The molecule has 0 aliphatic rings. The Morgan fingerprint density at radius 1 is 1.39 bits per heavy atom. The number of nitrogens with zero attached hydrogens (tertiary/aromatic N) is 2. The second-order valence-corrected chi connectivity index (χ2v) is 6.92. The molecule has 0 radical (unpaired) electrons. The molecule has 2 amide bonds. The number of thiophene rings is 1. The van der Waals surface area contributed by atoms with Crippen LogP contribution >= 0.6 is 22.7 Å². The van der Waals surface area contributed by atoms with E-state index >= 15 is 0 Å². The van der Waals surface area contributed by atoms with E-state index in [1.54, 1.807) is 16.3 Å². The maximum Gasteiger partial charge on any atom is 0.267 e. The molecule has 0 aliphatic carbocycles. The Morgan fingerprint density at radius 2 is 2.17 bits per heavy atom. The average Bonchev–Trinajstić information content (AvgIpc) is 3.16. The van der Waals surface area contributed by atoms with Crippen molar-refractivity contribution in [3.05, 3.63) is 45.6 Å². The highest BCUT2D eigenvalue weighted by Gasteiger charge is 2.15. The van der Waals surface area contributed by atoms with Crippen molar-refractivity contribution in [2.75, 3.05) is 18.4 Å². The smallest absolute Gasteiger partial charge is 0.267 e. The van der Waals surface area contributed by atoms with Crippen LogP contribution in [-0.4, -0.2) is 34.8 Å². The van der Waals surface area contributed by atoms with E-state index in [1.807, 2.05) is 25.3 Å². The summed E-state index contributed by atoms with van der Waals surface area (Å²) in [4.78, 5) is 30.9. The summed E-state index contributed by atoms with van der Waals surface area (Å²) in [6.45, 7) is 8.87. The van der Waals surface area contributed by atoms with Crippen molar-refractivity contribution in [1.29, 1.82) is 0 Å². The van der Waals surface area contributed by atoms with Gasteiger partial charge in [-0.15, -0.1) is 22.7 Å². The fraction of sp³-hybridized carbons (Fsp3) is 0.312. The zero-order valence-electron chi connectivity index (χ0n) is 13.2. The fourth-order valence-electron chi connectivity index (χ4n) is 1.98. The molecule has 122 valence electrons. The van der Waals surface area contributed by atoms with Crippen LogP contribution in [0.2, 0.25) is 0 Å². The van der Waals surface area contributed by atoms with Gasteiger partial charge in [-0.3, -0.25) is 14.9 Å². The predicted molar refractivity (Wildman–Crippen MR) is 95.2 cm³/mol. The van der Waals surface area contributed by atoms with Crippen molar-refractivity contribution in [1.82, 2.24) is 9.88 Å². The van der Waals surface area contributed by atoms with E-state index in [0.717, 1.165) is 5.57 Å². The molecule has 5 nitrogen and oxygen atoms in total. The molecule has 1 N–H and O–H groups in total. The van der Waals surface area contributed by atoms with Crippen LogP contribution in [0.4, 0.5) is 5.13 Å². The van der Waals surface area contributed by atoms with Crippen molar-refractivity contribution in [2.45, 2.75) is 20.3 Å². The third-order valence-electron chi connectivity index (χ3n) is 3.04. The summed E-state index contributed by atoms with van der Waals surface area (Å²) >= 11 is 2.70. The summed E-state index contributed by atoms with van der Waals surface area (Å²) in [7, 11) is 0. The molecule has 2 aromatic rings. The number of hydrogen-bond donors (Lipinski definition) is 1. The van der Waals surface area contributed by atoms with Crippen LogP contribution in [0.1, 0.15) is 29.2 Å². The van der Waals surface area contributed by atoms with Gasteiger partial charge in [-0.2, -0.15) is 0 Å². The number of amides is 2. The lowest BCUT2D eigenvalue weighted by atomic mass is 10.2. The van der Waals surface area contributed by atoms with Gasteiger partial charge in [0, 0.05) is 18.5 Å². The third-order valence-corrected chi connectivity index (χ3v) is 4.72. The van der Waals surface area contributed by atoms with E-state index in [9.17, 15) is 9.59 Å². The summed E-state index contributed by atoms with van der Waals surface area (Å²) in [6.07, 6.45) is 0.229. The van der Waals surface area contributed by atoms with Gasteiger partial charge in [0.05, 0.1) is 17.0 Å². The van der Waals surface area contributed by atoms with Gasteiger partial charge in [-0.1, -0.05) is 18.2 Å². The SMILES string of the molecule is C=C(C)CN(CC)C(=O)Cc1csc(NC(=O)c2cccs2)n1. The molecule has 0 saturated carbocycles. The number of hydrogen-bond acceptors (Lipinski definition) is 5. The Bertz CT molecular complexity index is 692. The predicted octanol–water partition coefficient (Wildman–Crippen LogP) is 3.42. The van der Waals surface area contributed by atoms with E-state index in [-0.39, 0.29) is 18.2 Å². The van der Waals surface area contributed by atoms with Crippen LogP contribution in [0, 0.1) is 0 Å². The van der Waals surface area contributed by atoms with Crippen molar-refractivity contribution < 1.29 is 9.59 Å². The van der Waals surface area contributed by atoms with Crippen molar-refractivity contribution in [2.24, 2.45) is 0 Å². The number of carbonyl (C=O) groups excluding carboxylic acids is 2. The van der Waals surface area contributed by atoms with E-state index in [4.69, 9.17) is 0 Å². The Labute approximate surface area is 143 Å². The average molecular weight is 349 g/mol. The molecule has 0 unspecified atom stereocenters. The molecule has 0 saturated heterocycles. The topological polar surface area (TPSA) is 62.3 Å². The van der Waals surface area contributed by atoms with Crippen LogP contribution < -0.4 is 5.32 Å². The third kappa shape index (κ3) is 5.01. The maximum atomic E-state index is 12.3. The second-order valence-electron chi connectivity index (χ2n) is 5.12. The minimum absolute atomic E-state index is 0.0110. The molecule has 0 spiro atoms. The number of rotatable bonds is 7. The minimum atomic E-state index is -0.176. The first kappa shape index (κ1) is 17.4. The van der Waals surface area contributed by atoms with Gasteiger partial charge < -0.3 is 4.90 Å². The van der Waals surface area contributed by atoms with Crippen LogP contribution in [0.5, 0.6) is 0 Å². The van der Waals surface area contributed by atoms with Crippen LogP contribution in [-0.2, 0) is 11.2 Å². The number of aromatic nitrogens is 1. The number of nitrogens with one attached hydrogen (secondary N) is 1. The Morgan fingerprint density at radius 3 is 2.78 bits per heavy atom. The van der Waals surface area contributed by atoms with Gasteiger partial charge in [0.25, 0.3) is 5.91 Å². The first-order valence-electron chi connectivity index (χ1n) is 7.21. The minimum Gasteiger partial charge on any atom is -0.339 e. The van der Waals surface area contributed by atoms with Gasteiger partial charge in [-0.05, 0) is 25.3 Å². The van der Waals surface area contributed by atoms with Gasteiger partial charge in [0.1, 0.15) is 0 Å². The molecule has 23 heavy (non-hydrogen) atoms. The van der Waals surface area contributed by atoms with Gasteiger partial charge in [0.15, 0.2) is 5.13 Å². The van der Waals surface area contributed by atoms with Crippen molar-refractivity contribution >= 4 is 39.6 Å². The molecule has 0 aromatic carbocycles. The van der Waals surface area contributed by atoms with E-state index in [1.165, 1.54) is 22.7 Å². The molecule has 0 atom stereocenters. The Hall–Kier alpha value is -1.99. The lowest BCUT2D eigenvalue weighted by Crippen LogP contribution is -2.33. The number of thiazole rings is 1. The molecule has 7 heteroatoms. The quantitative estimate of drug-likeness (QED) is 0.779. The monoisotopic (exact) mass is 349 g/mol. The van der Waals surface area contributed by atoms with Crippen LogP contribution in [0.3, 0.4) is 0 Å². The van der Waals surface area contributed by atoms with E-state index < -0.39 is 0 Å². The first-order valence-corrected chi connectivity index (χ1v) is 8.97. The van der Waals surface area contributed by atoms with Crippen molar-refractivity contribution in [3.8, 4) is 0 Å². The molecule has 2 aromatic heterocycles. The molecule has 0 bridgehead atoms. The Balaban J connectivity index is 1.95. The van der Waals surface area contributed by atoms with Crippen molar-refractivity contribution in [3.63, 3.8) is 0 Å². The highest BCUT2D eigenvalue weighted by atomic mass is 32.1. The molecular weight excluding hydrogens is 330 g/mol. The number of likely N-dealkylation sites (N-methyl/N-ethyl adjacent to an activating group) is 1. The second kappa shape index (κ2) is 8.03. The van der Waals surface area contributed by atoms with Gasteiger partial charge >= 0.3 is 0 Å². The lowest BCUT2D eigenvalue weighted by Gasteiger charge is -2.20. The highest BCUT2D eigenvalue weighted by molar-refractivity contribution is 7.14. The summed E-state index contributed by atoms with van der Waals surface area (Å²) in [6, 6.07) is 3.58. The number of anilines is 1. The maximum absolute atomic E-state index is 12.3. The zero-order valence-corrected chi connectivity index (χ0v) is 14.8. The first-order chi connectivity index (χ1) is 11.0. The molecule has 0 fully saturated rings. The summed E-state index contributed by atoms with van der Waals surface area (Å²) in [5, 5.41) is 6.91. The number of carbonyl (C=O) groups is 2.